The molecule has 1 aliphatic rings. The molecule has 0 amide bonds. The molecule has 1 fully saturated rings. The van der Waals surface area contributed by atoms with Gasteiger partial charge < -0.3 is 24.5 Å². The number of hydrogen-bond acceptors (Lipinski definition) is 4. The Morgan fingerprint density at radius 1 is 1.14 bits per heavy atom. The number of nitrogens with one attached hydrogen (secondary N) is 2. The highest BCUT2D eigenvalue weighted by atomic mass is 127. The van der Waals surface area contributed by atoms with Crippen LogP contribution in [0.4, 0.5) is 0 Å². The van der Waals surface area contributed by atoms with Gasteiger partial charge in [0.15, 0.2) is 5.96 Å². The van der Waals surface area contributed by atoms with Gasteiger partial charge in [-0.2, -0.15) is 0 Å². The minimum atomic E-state index is 0. The first-order valence-corrected chi connectivity index (χ1v) is 9.57. The van der Waals surface area contributed by atoms with Gasteiger partial charge in [-0.3, -0.25) is 4.99 Å². The number of hydrogen-bond donors (Lipinski definition) is 2. The lowest BCUT2D eigenvalue weighted by atomic mass is 10.1. The number of furan rings is 1. The first-order chi connectivity index (χ1) is 13.3. The van der Waals surface area contributed by atoms with Crippen LogP contribution in [0.1, 0.15) is 29.7 Å². The van der Waals surface area contributed by atoms with Gasteiger partial charge in [-0.15, -0.1) is 24.0 Å². The molecule has 0 atom stereocenters. The number of nitrogens with zero attached hydrogens (tertiary/aromatic N) is 1. The Balaban J connectivity index is 0.00000280. The van der Waals surface area contributed by atoms with Crippen LogP contribution in [0.5, 0.6) is 0 Å². The van der Waals surface area contributed by atoms with Crippen molar-refractivity contribution in [1.82, 2.24) is 10.6 Å². The van der Waals surface area contributed by atoms with Crippen LogP contribution >= 0.6 is 24.0 Å². The maximum Gasteiger partial charge on any atom is 0.191 e. The summed E-state index contributed by atoms with van der Waals surface area (Å²) in [5, 5.41) is 6.65. The predicted octanol–water partition coefficient (Wildman–Crippen LogP) is 3.50. The summed E-state index contributed by atoms with van der Waals surface area (Å²) < 4.78 is 16.7. The van der Waals surface area contributed by atoms with Crippen molar-refractivity contribution in [3.8, 4) is 0 Å². The Morgan fingerprint density at radius 3 is 2.71 bits per heavy atom. The standard InChI is InChI=1S/C21H29N3O3.HI/c1-22-21(23-10-7-19-6-3-11-26-19)24-15-17-4-2-5-18(14-17)16-27-20-8-12-25-13-9-20;/h2-6,11,14,20H,7-10,12-13,15-16H2,1H3,(H2,22,23,24);1H. The van der Waals surface area contributed by atoms with Gasteiger partial charge in [-0.05, 0) is 36.1 Å². The van der Waals surface area contributed by atoms with Crippen molar-refractivity contribution in [2.75, 3.05) is 26.8 Å². The largest absolute Gasteiger partial charge is 0.469 e. The molecule has 1 saturated heterocycles. The van der Waals surface area contributed by atoms with Gasteiger partial charge in [0.1, 0.15) is 5.76 Å². The summed E-state index contributed by atoms with van der Waals surface area (Å²) in [5.74, 6) is 1.75. The van der Waals surface area contributed by atoms with Crippen LogP contribution in [-0.2, 0) is 29.0 Å². The molecule has 0 spiro atoms. The molecule has 1 aliphatic heterocycles. The van der Waals surface area contributed by atoms with Gasteiger partial charge in [-0.25, -0.2) is 0 Å². The van der Waals surface area contributed by atoms with E-state index in [4.69, 9.17) is 13.9 Å². The Morgan fingerprint density at radius 2 is 1.96 bits per heavy atom. The van der Waals surface area contributed by atoms with E-state index in [1.54, 1.807) is 13.3 Å². The lowest BCUT2D eigenvalue weighted by Gasteiger charge is -2.22. The monoisotopic (exact) mass is 499 g/mol. The fourth-order valence-corrected chi connectivity index (χ4v) is 3.05. The van der Waals surface area contributed by atoms with Gasteiger partial charge >= 0.3 is 0 Å². The average molecular weight is 499 g/mol. The lowest BCUT2D eigenvalue weighted by Crippen LogP contribution is -2.37. The zero-order valence-corrected chi connectivity index (χ0v) is 18.7. The minimum Gasteiger partial charge on any atom is -0.469 e. The molecule has 1 aromatic carbocycles. The molecule has 0 bridgehead atoms. The Bertz CT molecular complexity index is 701. The second-order valence-corrected chi connectivity index (χ2v) is 6.62. The van der Waals surface area contributed by atoms with Gasteiger partial charge in [-0.1, -0.05) is 24.3 Å². The number of benzene rings is 1. The van der Waals surface area contributed by atoms with E-state index < -0.39 is 0 Å². The van der Waals surface area contributed by atoms with Crippen LogP contribution in [0.15, 0.2) is 52.1 Å². The van der Waals surface area contributed by atoms with E-state index in [1.165, 1.54) is 11.1 Å². The summed E-state index contributed by atoms with van der Waals surface area (Å²) in [6, 6.07) is 12.4. The van der Waals surface area contributed by atoms with E-state index in [2.05, 4.69) is 39.9 Å². The molecule has 28 heavy (non-hydrogen) atoms. The zero-order chi connectivity index (χ0) is 18.7. The highest BCUT2D eigenvalue weighted by Gasteiger charge is 2.14. The van der Waals surface area contributed by atoms with Crippen molar-refractivity contribution in [3.05, 3.63) is 59.5 Å². The molecular formula is C21H30IN3O3. The summed E-state index contributed by atoms with van der Waals surface area (Å²) in [7, 11) is 1.78. The molecule has 0 radical (unpaired) electrons. The van der Waals surface area contributed by atoms with Gasteiger partial charge in [0, 0.05) is 39.8 Å². The molecule has 7 heteroatoms. The summed E-state index contributed by atoms with van der Waals surface area (Å²) in [5.41, 5.74) is 2.40. The second kappa shape index (κ2) is 12.8. The number of aliphatic imine (C=N–C) groups is 1. The van der Waals surface area contributed by atoms with E-state index >= 15 is 0 Å². The maximum absolute atomic E-state index is 6.01. The third kappa shape index (κ3) is 7.81. The van der Waals surface area contributed by atoms with Crippen LogP contribution in [0.25, 0.3) is 0 Å². The van der Waals surface area contributed by atoms with E-state index in [9.17, 15) is 0 Å². The molecule has 0 aliphatic carbocycles. The topological polar surface area (TPSA) is 68.0 Å². The number of guanidine groups is 1. The molecule has 1 aromatic heterocycles. The van der Waals surface area contributed by atoms with E-state index in [0.717, 1.165) is 50.7 Å². The quantitative estimate of drug-likeness (QED) is 0.331. The fourth-order valence-electron chi connectivity index (χ4n) is 3.05. The van der Waals surface area contributed by atoms with Crippen LogP contribution < -0.4 is 10.6 Å². The summed E-state index contributed by atoms with van der Waals surface area (Å²) in [6.07, 6.45) is 4.81. The molecule has 0 saturated carbocycles. The molecule has 2 aromatic rings. The summed E-state index contributed by atoms with van der Waals surface area (Å²) in [6.45, 7) is 3.74. The van der Waals surface area contributed by atoms with E-state index in [-0.39, 0.29) is 24.0 Å². The SMILES string of the molecule is CN=C(NCCc1ccco1)NCc1cccc(COC2CCOCC2)c1.I. The van der Waals surface area contributed by atoms with E-state index in [0.29, 0.717) is 19.3 Å². The average Bonchev–Trinajstić information content (AvgIpc) is 3.23. The molecule has 154 valence electrons. The normalized spacial score (nSPS) is 15.1. The van der Waals surface area contributed by atoms with Crippen molar-refractivity contribution >= 4 is 29.9 Å². The number of halogens is 1. The van der Waals surface area contributed by atoms with Crippen molar-refractivity contribution in [2.24, 2.45) is 4.99 Å². The van der Waals surface area contributed by atoms with Crippen molar-refractivity contribution in [1.29, 1.82) is 0 Å². The molecule has 2 heterocycles. The molecular weight excluding hydrogens is 469 g/mol. The molecule has 6 nitrogen and oxygen atoms in total. The van der Waals surface area contributed by atoms with Crippen LogP contribution in [0, 0.1) is 0 Å². The van der Waals surface area contributed by atoms with E-state index in [1.807, 2.05) is 12.1 Å². The van der Waals surface area contributed by atoms with Gasteiger partial charge in [0.25, 0.3) is 0 Å². The van der Waals surface area contributed by atoms with Gasteiger partial charge in [0.2, 0.25) is 0 Å². The van der Waals surface area contributed by atoms with Crippen molar-refractivity contribution in [2.45, 2.75) is 38.5 Å². The smallest absolute Gasteiger partial charge is 0.191 e. The number of ether oxygens (including phenoxy) is 2. The lowest BCUT2D eigenvalue weighted by molar-refractivity contribution is -0.0390. The Hall–Kier alpha value is -1.58. The van der Waals surface area contributed by atoms with Crippen LogP contribution in [0.3, 0.4) is 0 Å². The van der Waals surface area contributed by atoms with Crippen LogP contribution in [0.2, 0.25) is 0 Å². The summed E-state index contributed by atoms with van der Waals surface area (Å²) >= 11 is 0. The number of rotatable bonds is 8. The van der Waals surface area contributed by atoms with Crippen LogP contribution in [-0.4, -0.2) is 38.9 Å². The second-order valence-electron chi connectivity index (χ2n) is 6.62. The molecule has 3 rings (SSSR count). The van der Waals surface area contributed by atoms with Gasteiger partial charge in [0.05, 0.1) is 19.0 Å². The third-order valence-electron chi connectivity index (χ3n) is 4.57. The fraction of sp³-hybridized carbons (Fsp3) is 0.476. The Kier molecular flexibility index (Phi) is 10.4. The highest BCUT2D eigenvalue weighted by molar-refractivity contribution is 14.0. The molecule has 2 N–H and O–H groups in total. The molecule has 0 unspecified atom stereocenters. The zero-order valence-electron chi connectivity index (χ0n) is 16.4. The van der Waals surface area contributed by atoms with Crippen molar-refractivity contribution < 1.29 is 13.9 Å². The maximum atomic E-state index is 6.01. The minimum absolute atomic E-state index is 0. The predicted molar refractivity (Wildman–Crippen MR) is 121 cm³/mol. The first kappa shape index (κ1) is 22.7. The van der Waals surface area contributed by atoms with Crippen molar-refractivity contribution in [3.63, 3.8) is 0 Å². The third-order valence-corrected chi connectivity index (χ3v) is 4.57. The Labute approximate surface area is 184 Å². The highest BCUT2D eigenvalue weighted by Crippen LogP contribution is 2.14. The summed E-state index contributed by atoms with van der Waals surface area (Å²) in [4.78, 5) is 4.27. The first-order valence-electron chi connectivity index (χ1n) is 9.57.